The zero-order chi connectivity index (χ0) is 13.1. The van der Waals surface area contributed by atoms with E-state index in [0.29, 0.717) is 5.56 Å². The molecule has 0 saturated heterocycles. The Morgan fingerprint density at radius 3 is 2.89 bits per heavy atom. The van der Waals surface area contributed by atoms with E-state index in [1.807, 2.05) is 0 Å². The smallest absolute Gasteiger partial charge is 0.358 e. The maximum absolute atomic E-state index is 13.5. The summed E-state index contributed by atoms with van der Waals surface area (Å²) in [7, 11) is 1.26. The van der Waals surface area contributed by atoms with Gasteiger partial charge in [-0.3, -0.25) is 0 Å². The summed E-state index contributed by atoms with van der Waals surface area (Å²) in [4.78, 5) is 11.3. The highest BCUT2D eigenvalue weighted by Gasteiger charge is 2.13. The van der Waals surface area contributed by atoms with E-state index < -0.39 is 5.97 Å². The third-order valence-corrected chi connectivity index (χ3v) is 2.48. The van der Waals surface area contributed by atoms with Crippen LogP contribution in [0.4, 0.5) is 10.2 Å². The maximum atomic E-state index is 13.5. The molecule has 0 unspecified atom stereocenters. The highest BCUT2D eigenvalue weighted by Crippen LogP contribution is 2.13. The maximum Gasteiger partial charge on any atom is 0.358 e. The second-order valence-corrected chi connectivity index (χ2v) is 3.70. The van der Waals surface area contributed by atoms with Crippen LogP contribution in [-0.2, 0) is 11.3 Å². The van der Waals surface area contributed by atoms with Gasteiger partial charge in [-0.1, -0.05) is 18.2 Å². The molecule has 0 aliphatic heterocycles. The van der Waals surface area contributed by atoms with Crippen LogP contribution in [0.3, 0.4) is 0 Å². The molecule has 0 fully saturated rings. The lowest BCUT2D eigenvalue weighted by molar-refractivity contribution is 0.0593. The first-order valence-electron chi connectivity index (χ1n) is 5.27. The molecule has 0 aliphatic carbocycles. The molecule has 1 heterocycles. The summed E-state index contributed by atoms with van der Waals surface area (Å²) in [5.41, 5.74) is 6.25. The van der Waals surface area contributed by atoms with Crippen molar-refractivity contribution < 1.29 is 13.9 Å². The number of carbonyl (C=O) groups is 1. The number of halogens is 1. The highest BCUT2D eigenvalue weighted by atomic mass is 19.1. The van der Waals surface area contributed by atoms with Gasteiger partial charge in [-0.15, -0.1) is 0 Å². The summed E-state index contributed by atoms with van der Waals surface area (Å²) in [5, 5.41) is 3.97. The van der Waals surface area contributed by atoms with Crippen LogP contribution in [0.15, 0.2) is 30.3 Å². The van der Waals surface area contributed by atoms with Gasteiger partial charge in [-0.2, -0.15) is 5.10 Å². The van der Waals surface area contributed by atoms with Crippen LogP contribution >= 0.6 is 0 Å². The van der Waals surface area contributed by atoms with E-state index in [1.54, 1.807) is 18.2 Å². The molecule has 0 atom stereocenters. The normalized spacial score (nSPS) is 10.3. The lowest BCUT2D eigenvalue weighted by atomic mass is 10.2. The molecule has 0 amide bonds. The predicted molar refractivity (Wildman–Crippen MR) is 63.5 cm³/mol. The number of ether oxygens (including phenoxy) is 1. The van der Waals surface area contributed by atoms with Crippen molar-refractivity contribution >= 4 is 11.8 Å². The van der Waals surface area contributed by atoms with Gasteiger partial charge in [0.15, 0.2) is 5.69 Å². The summed E-state index contributed by atoms with van der Waals surface area (Å²) >= 11 is 0. The Labute approximate surface area is 103 Å². The summed E-state index contributed by atoms with van der Waals surface area (Å²) in [5.74, 6) is -0.639. The third kappa shape index (κ3) is 2.32. The van der Waals surface area contributed by atoms with Gasteiger partial charge in [0.2, 0.25) is 0 Å². The predicted octanol–water partition coefficient (Wildman–Crippen LogP) is 1.44. The molecule has 2 N–H and O–H groups in total. The molecule has 0 saturated carbocycles. The van der Waals surface area contributed by atoms with Crippen molar-refractivity contribution in [1.29, 1.82) is 0 Å². The molecule has 94 valence electrons. The number of anilines is 1. The quantitative estimate of drug-likeness (QED) is 0.835. The van der Waals surface area contributed by atoms with Gasteiger partial charge in [0.1, 0.15) is 11.6 Å². The van der Waals surface area contributed by atoms with E-state index in [1.165, 1.54) is 23.9 Å². The number of esters is 1. The van der Waals surface area contributed by atoms with Crippen LogP contribution in [0.5, 0.6) is 0 Å². The first-order chi connectivity index (χ1) is 8.61. The summed E-state index contributed by atoms with van der Waals surface area (Å²) < 4.78 is 19.4. The van der Waals surface area contributed by atoms with Crippen molar-refractivity contribution in [3.63, 3.8) is 0 Å². The molecule has 2 aromatic rings. The first-order valence-corrected chi connectivity index (χ1v) is 5.27. The summed E-state index contributed by atoms with van der Waals surface area (Å²) in [6.07, 6.45) is 0. The monoisotopic (exact) mass is 249 g/mol. The van der Waals surface area contributed by atoms with Crippen molar-refractivity contribution in [2.24, 2.45) is 0 Å². The number of nitrogens with two attached hydrogens (primary N) is 1. The average molecular weight is 249 g/mol. The van der Waals surface area contributed by atoms with Crippen LogP contribution < -0.4 is 5.73 Å². The van der Waals surface area contributed by atoms with Crippen LogP contribution in [0.1, 0.15) is 16.1 Å². The Balaban J connectivity index is 2.27. The minimum Gasteiger partial charge on any atom is -0.464 e. The van der Waals surface area contributed by atoms with Crippen LogP contribution in [-0.4, -0.2) is 22.9 Å². The van der Waals surface area contributed by atoms with Gasteiger partial charge in [0, 0.05) is 11.6 Å². The van der Waals surface area contributed by atoms with Crippen molar-refractivity contribution in [2.45, 2.75) is 6.54 Å². The van der Waals surface area contributed by atoms with Crippen molar-refractivity contribution in [3.05, 3.63) is 47.4 Å². The average Bonchev–Trinajstić information content (AvgIpc) is 2.73. The Hall–Kier alpha value is -2.37. The number of methoxy groups -OCH3 is 1. The molecule has 0 spiro atoms. The fraction of sp³-hybridized carbons (Fsp3) is 0.167. The molecule has 6 heteroatoms. The molecule has 0 aliphatic rings. The van der Waals surface area contributed by atoms with Crippen molar-refractivity contribution in [3.8, 4) is 0 Å². The molecule has 0 radical (unpaired) electrons. The Kier molecular flexibility index (Phi) is 3.27. The molecule has 18 heavy (non-hydrogen) atoms. The number of benzene rings is 1. The third-order valence-electron chi connectivity index (χ3n) is 2.48. The molecule has 1 aromatic heterocycles. The van der Waals surface area contributed by atoms with Crippen LogP contribution in [0.25, 0.3) is 0 Å². The second kappa shape index (κ2) is 4.87. The zero-order valence-electron chi connectivity index (χ0n) is 9.76. The zero-order valence-corrected chi connectivity index (χ0v) is 9.76. The first kappa shape index (κ1) is 12.1. The van der Waals surface area contributed by atoms with E-state index in [0.717, 1.165) is 0 Å². The van der Waals surface area contributed by atoms with Gasteiger partial charge >= 0.3 is 5.97 Å². The number of nitrogen functional groups attached to an aromatic ring is 1. The number of hydrogen-bond acceptors (Lipinski definition) is 4. The Bertz CT molecular complexity index is 580. The minimum atomic E-state index is -0.575. The molecule has 5 nitrogen and oxygen atoms in total. The van der Waals surface area contributed by atoms with Crippen LogP contribution in [0, 0.1) is 5.82 Å². The SMILES string of the molecule is COC(=O)c1cc(N)n(Cc2ccccc2F)n1. The summed E-state index contributed by atoms with van der Waals surface area (Å²) in [6, 6.07) is 7.71. The lowest BCUT2D eigenvalue weighted by Gasteiger charge is -2.04. The Morgan fingerprint density at radius 2 is 2.22 bits per heavy atom. The largest absolute Gasteiger partial charge is 0.464 e. The molecule has 1 aromatic carbocycles. The molecular formula is C12H12FN3O2. The topological polar surface area (TPSA) is 70.1 Å². The van der Waals surface area contributed by atoms with Gasteiger partial charge in [-0.25, -0.2) is 13.9 Å². The van der Waals surface area contributed by atoms with E-state index in [2.05, 4.69) is 9.84 Å². The minimum absolute atomic E-state index is 0.103. The van der Waals surface area contributed by atoms with E-state index >= 15 is 0 Å². The van der Waals surface area contributed by atoms with Crippen molar-refractivity contribution in [1.82, 2.24) is 9.78 Å². The molecule has 2 rings (SSSR count). The number of nitrogens with zero attached hydrogens (tertiary/aromatic N) is 2. The number of rotatable bonds is 3. The number of carbonyl (C=O) groups excluding carboxylic acids is 1. The van der Waals surface area contributed by atoms with Gasteiger partial charge < -0.3 is 10.5 Å². The van der Waals surface area contributed by atoms with Gasteiger partial charge in [0.05, 0.1) is 13.7 Å². The molecular weight excluding hydrogens is 237 g/mol. The van der Waals surface area contributed by atoms with E-state index in [9.17, 15) is 9.18 Å². The summed E-state index contributed by atoms with van der Waals surface area (Å²) in [6.45, 7) is 0.162. The molecule has 0 bridgehead atoms. The van der Waals surface area contributed by atoms with Gasteiger partial charge in [0.25, 0.3) is 0 Å². The van der Waals surface area contributed by atoms with Crippen LogP contribution in [0.2, 0.25) is 0 Å². The fourth-order valence-corrected chi connectivity index (χ4v) is 1.55. The van der Waals surface area contributed by atoms with E-state index in [-0.39, 0.29) is 23.9 Å². The number of aromatic nitrogens is 2. The highest BCUT2D eigenvalue weighted by molar-refractivity contribution is 5.87. The standard InChI is InChI=1S/C12H12FN3O2/c1-18-12(17)10-6-11(14)16(15-10)7-8-4-2-3-5-9(8)13/h2-6H,7,14H2,1H3. The second-order valence-electron chi connectivity index (χ2n) is 3.70. The lowest BCUT2D eigenvalue weighted by Crippen LogP contribution is -2.09. The number of hydrogen-bond donors (Lipinski definition) is 1. The van der Waals surface area contributed by atoms with E-state index in [4.69, 9.17) is 5.73 Å². The fourth-order valence-electron chi connectivity index (χ4n) is 1.55. The van der Waals surface area contributed by atoms with Gasteiger partial charge in [-0.05, 0) is 6.07 Å². The Morgan fingerprint density at radius 1 is 1.50 bits per heavy atom. The van der Waals surface area contributed by atoms with Crippen molar-refractivity contribution in [2.75, 3.05) is 12.8 Å².